The molecule has 1 aromatic heterocycles. The second kappa shape index (κ2) is 7.59. The van der Waals surface area contributed by atoms with Gasteiger partial charge in [-0.1, -0.05) is 12.1 Å². The fraction of sp³-hybridized carbons (Fsp3) is 0.474. The fourth-order valence-electron chi connectivity index (χ4n) is 3.10. The number of carbonyl (C=O) groups excluding carboxylic acids is 1. The molecule has 2 aromatic rings. The maximum absolute atomic E-state index is 12.2. The zero-order valence-electron chi connectivity index (χ0n) is 15.2. The van der Waals surface area contributed by atoms with E-state index in [9.17, 15) is 4.79 Å². The molecule has 0 radical (unpaired) electrons. The zero-order chi connectivity index (χ0) is 17.8. The molecule has 1 atom stereocenters. The van der Waals surface area contributed by atoms with Gasteiger partial charge in [0.2, 0.25) is 0 Å². The van der Waals surface area contributed by atoms with Gasteiger partial charge in [0.15, 0.2) is 0 Å². The summed E-state index contributed by atoms with van der Waals surface area (Å²) in [6.07, 6.45) is 6.01. The quantitative estimate of drug-likeness (QED) is 0.866. The Hall–Kier alpha value is -2.50. The van der Waals surface area contributed by atoms with E-state index in [1.165, 1.54) is 18.5 Å². The number of amides is 2. The maximum atomic E-state index is 12.2. The van der Waals surface area contributed by atoms with Crippen molar-refractivity contribution >= 4 is 17.4 Å². The van der Waals surface area contributed by atoms with Crippen molar-refractivity contribution in [1.82, 2.24) is 15.1 Å². The van der Waals surface area contributed by atoms with Gasteiger partial charge in [-0.2, -0.15) is 5.10 Å². The predicted octanol–water partition coefficient (Wildman–Crippen LogP) is 3.95. The monoisotopic (exact) mass is 341 g/mol. The summed E-state index contributed by atoms with van der Waals surface area (Å²) in [5, 5.41) is 10.1. The molecule has 1 aromatic carbocycles. The third-order valence-electron chi connectivity index (χ3n) is 4.58. The zero-order valence-corrected chi connectivity index (χ0v) is 15.2. The number of benzene rings is 1. The minimum atomic E-state index is -0.220. The highest BCUT2D eigenvalue weighted by molar-refractivity contribution is 5.89. The van der Waals surface area contributed by atoms with Gasteiger partial charge in [-0.05, 0) is 51.3 Å². The Kier molecular flexibility index (Phi) is 5.26. The van der Waals surface area contributed by atoms with Crippen LogP contribution in [0.25, 0.3) is 0 Å². The van der Waals surface area contributed by atoms with E-state index in [0.717, 1.165) is 18.7 Å². The summed E-state index contributed by atoms with van der Waals surface area (Å²) in [5.74, 6) is 0. The summed E-state index contributed by atoms with van der Waals surface area (Å²) in [6.45, 7) is 8.33. The van der Waals surface area contributed by atoms with Crippen molar-refractivity contribution in [3.63, 3.8) is 0 Å². The molecule has 6 heteroatoms. The van der Waals surface area contributed by atoms with Crippen LogP contribution in [0.3, 0.4) is 0 Å². The van der Waals surface area contributed by atoms with Crippen LogP contribution in [0, 0.1) is 0 Å². The normalized spacial score (nSPS) is 15.4. The maximum Gasteiger partial charge on any atom is 0.319 e. The van der Waals surface area contributed by atoms with Gasteiger partial charge in [-0.3, -0.25) is 4.68 Å². The van der Waals surface area contributed by atoms with E-state index in [1.54, 1.807) is 6.20 Å². The number of nitrogens with zero attached hydrogens (tertiary/aromatic N) is 3. The van der Waals surface area contributed by atoms with Crippen LogP contribution in [-0.2, 0) is 0 Å². The van der Waals surface area contributed by atoms with Gasteiger partial charge < -0.3 is 15.5 Å². The van der Waals surface area contributed by atoms with Crippen LogP contribution < -0.4 is 15.5 Å². The standard InChI is InChI=1S/C19H27N5O/c1-14(2)24-13-17(12-20-24)22-19(25)21-15(3)16-7-6-8-18(11-16)23-9-4-5-10-23/h6-8,11-15H,4-5,9-10H2,1-3H3,(H2,21,22,25)/t15-/m1/s1. The van der Waals surface area contributed by atoms with Gasteiger partial charge in [0, 0.05) is 31.0 Å². The van der Waals surface area contributed by atoms with Crippen molar-refractivity contribution in [3.8, 4) is 0 Å². The number of nitrogens with one attached hydrogen (secondary N) is 2. The lowest BCUT2D eigenvalue weighted by Crippen LogP contribution is -2.31. The Morgan fingerprint density at radius 3 is 2.64 bits per heavy atom. The largest absolute Gasteiger partial charge is 0.372 e. The van der Waals surface area contributed by atoms with Crippen LogP contribution in [0.15, 0.2) is 36.7 Å². The molecule has 0 bridgehead atoms. The van der Waals surface area contributed by atoms with Gasteiger partial charge in [-0.25, -0.2) is 4.79 Å². The predicted molar refractivity (Wildman–Crippen MR) is 101 cm³/mol. The second-order valence-corrected chi connectivity index (χ2v) is 6.91. The first-order valence-corrected chi connectivity index (χ1v) is 8.99. The summed E-state index contributed by atoms with van der Waals surface area (Å²) in [7, 11) is 0. The lowest BCUT2D eigenvalue weighted by atomic mass is 10.1. The summed E-state index contributed by atoms with van der Waals surface area (Å²) < 4.78 is 1.82. The third kappa shape index (κ3) is 4.32. The molecule has 2 amide bonds. The van der Waals surface area contributed by atoms with Crippen molar-refractivity contribution in [2.24, 2.45) is 0 Å². The van der Waals surface area contributed by atoms with Crippen LogP contribution in [0.2, 0.25) is 0 Å². The lowest BCUT2D eigenvalue weighted by molar-refractivity contribution is 0.249. The van der Waals surface area contributed by atoms with Crippen LogP contribution in [0.1, 0.15) is 51.3 Å². The average Bonchev–Trinajstić information content (AvgIpc) is 3.26. The summed E-state index contributed by atoms with van der Waals surface area (Å²) in [4.78, 5) is 14.6. The summed E-state index contributed by atoms with van der Waals surface area (Å²) in [6, 6.07) is 8.41. The molecule has 2 heterocycles. The number of carbonyl (C=O) groups is 1. The SMILES string of the molecule is CC(C)n1cc(NC(=O)N[C@H](C)c2cccc(N3CCCC3)c2)cn1. The number of aromatic nitrogens is 2. The van der Waals surface area contributed by atoms with Crippen LogP contribution in [-0.4, -0.2) is 28.9 Å². The molecular weight excluding hydrogens is 314 g/mol. The molecule has 6 nitrogen and oxygen atoms in total. The Labute approximate surface area is 149 Å². The van der Waals surface area contributed by atoms with Gasteiger partial charge in [0.1, 0.15) is 0 Å². The molecule has 0 unspecified atom stereocenters. The first-order chi connectivity index (χ1) is 12.0. The number of hydrogen-bond donors (Lipinski definition) is 2. The third-order valence-corrected chi connectivity index (χ3v) is 4.58. The van der Waals surface area contributed by atoms with E-state index in [0.29, 0.717) is 5.69 Å². The van der Waals surface area contributed by atoms with Crippen LogP contribution in [0.4, 0.5) is 16.2 Å². The number of urea groups is 1. The molecule has 1 fully saturated rings. The molecule has 0 saturated carbocycles. The van der Waals surface area contributed by atoms with Gasteiger partial charge in [-0.15, -0.1) is 0 Å². The van der Waals surface area contributed by atoms with Gasteiger partial charge in [0.05, 0.1) is 17.9 Å². The van der Waals surface area contributed by atoms with Crippen molar-refractivity contribution < 1.29 is 4.79 Å². The van der Waals surface area contributed by atoms with E-state index in [4.69, 9.17) is 0 Å². The first kappa shape index (κ1) is 17.3. The van der Waals surface area contributed by atoms with E-state index in [2.05, 4.69) is 44.9 Å². The fourth-order valence-corrected chi connectivity index (χ4v) is 3.10. The van der Waals surface area contributed by atoms with E-state index >= 15 is 0 Å². The number of rotatable bonds is 5. The van der Waals surface area contributed by atoms with Gasteiger partial charge >= 0.3 is 6.03 Å². The minimum absolute atomic E-state index is 0.0669. The van der Waals surface area contributed by atoms with E-state index in [1.807, 2.05) is 31.6 Å². The number of anilines is 2. The minimum Gasteiger partial charge on any atom is -0.372 e. The van der Waals surface area contributed by atoms with Crippen molar-refractivity contribution in [1.29, 1.82) is 0 Å². The molecule has 1 aliphatic heterocycles. The Morgan fingerprint density at radius 1 is 1.20 bits per heavy atom. The van der Waals surface area contributed by atoms with Crippen molar-refractivity contribution in [2.45, 2.75) is 45.7 Å². The molecule has 134 valence electrons. The van der Waals surface area contributed by atoms with Crippen LogP contribution in [0.5, 0.6) is 0 Å². The smallest absolute Gasteiger partial charge is 0.319 e. The lowest BCUT2D eigenvalue weighted by Gasteiger charge is -2.20. The van der Waals surface area contributed by atoms with E-state index < -0.39 is 0 Å². The van der Waals surface area contributed by atoms with Crippen molar-refractivity contribution in [3.05, 3.63) is 42.2 Å². The molecule has 0 spiro atoms. The Bertz CT molecular complexity index is 718. The molecule has 1 saturated heterocycles. The summed E-state index contributed by atoms with van der Waals surface area (Å²) in [5.41, 5.74) is 3.05. The van der Waals surface area contributed by atoms with Crippen LogP contribution >= 0.6 is 0 Å². The van der Waals surface area contributed by atoms with Gasteiger partial charge in [0.25, 0.3) is 0 Å². The summed E-state index contributed by atoms with van der Waals surface area (Å²) >= 11 is 0. The molecule has 0 aliphatic carbocycles. The molecule has 25 heavy (non-hydrogen) atoms. The number of hydrogen-bond acceptors (Lipinski definition) is 3. The van der Waals surface area contributed by atoms with Crippen molar-refractivity contribution in [2.75, 3.05) is 23.3 Å². The highest BCUT2D eigenvalue weighted by atomic mass is 16.2. The van der Waals surface area contributed by atoms with E-state index in [-0.39, 0.29) is 18.1 Å². The first-order valence-electron chi connectivity index (χ1n) is 8.99. The average molecular weight is 341 g/mol. The highest BCUT2D eigenvalue weighted by Gasteiger charge is 2.15. The molecule has 2 N–H and O–H groups in total. The Balaban J connectivity index is 1.60. The highest BCUT2D eigenvalue weighted by Crippen LogP contribution is 2.24. The topological polar surface area (TPSA) is 62.2 Å². The molecule has 3 rings (SSSR count). The Morgan fingerprint density at radius 2 is 1.96 bits per heavy atom. The molecule has 1 aliphatic rings. The molecular formula is C19H27N5O. The second-order valence-electron chi connectivity index (χ2n) is 6.91.